The van der Waals surface area contributed by atoms with Gasteiger partial charge in [0.2, 0.25) is 10.0 Å². The number of likely N-dealkylation sites (tertiary alicyclic amines) is 1. The summed E-state index contributed by atoms with van der Waals surface area (Å²) < 4.78 is 26.5. The monoisotopic (exact) mass is 546 g/mol. The maximum absolute atomic E-state index is 13.7. The number of aryl methyl sites for hydroxylation is 1. The molecule has 2 N–H and O–H groups in total. The van der Waals surface area contributed by atoms with Gasteiger partial charge in [-0.05, 0) is 36.8 Å². The van der Waals surface area contributed by atoms with E-state index in [1.807, 2.05) is 40.0 Å². The molecule has 0 bridgehead atoms. The number of carbonyl (C=O) groups excluding carboxylic acids is 2. The van der Waals surface area contributed by atoms with E-state index in [0.29, 0.717) is 36.9 Å². The van der Waals surface area contributed by atoms with Crippen LogP contribution in [0.1, 0.15) is 56.2 Å². The zero-order chi connectivity index (χ0) is 27.6. The number of rotatable bonds is 7. The summed E-state index contributed by atoms with van der Waals surface area (Å²) in [5.74, 6) is -0.244. The van der Waals surface area contributed by atoms with Crippen molar-refractivity contribution in [3.05, 3.63) is 94.8 Å². The number of benzene rings is 2. The van der Waals surface area contributed by atoms with Crippen LogP contribution in [0.4, 0.5) is 5.82 Å². The molecule has 1 aliphatic heterocycles. The van der Waals surface area contributed by atoms with Crippen LogP contribution < -0.4 is 10.0 Å². The predicted octanol–water partition coefficient (Wildman–Crippen LogP) is 3.36. The number of aromatic nitrogens is 3. The van der Waals surface area contributed by atoms with Crippen molar-refractivity contribution < 1.29 is 18.0 Å². The van der Waals surface area contributed by atoms with Gasteiger partial charge in [0.05, 0.1) is 12.5 Å². The summed E-state index contributed by atoms with van der Waals surface area (Å²) in [7, 11) is -3.78. The van der Waals surface area contributed by atoms with Gasteiger partial charge in [-0.1, -0.05) is 60.2 Å². The molecule has 0 unspecified atom stereocenters. The molecular weight excluding hydrogens is 516 g/mol. The number of anilines is 1. The number of nitrogens with zero attached hydrogens (tertiary/aromatic N) is 4. The third-order valence-corrected chi connectivity index (χ3v) is 7.43. The fourth-order valence-electron chi connectivity index (χ4n) is 4.93. The molecule has 0 spiro atoms. The first kappa shape index (κ1) is 26.4. The lowest BCUT2D eigenvalue weighted by molar-refractivity contribution is 0.0712. The van der Waals surface area contributed by atoms with Crippen LogP contribution in [0, 0.1) is 6.92 Å². The van der Waals surface area contributed by atoms with Gasteiger partial charge < -0.3 is 10.2 Å². The Morgan fingerprint density at radius 2 is 1.74 bits per heavy atom. The van der Waals surface area contributed by atoms with Crippen LogP contribution in [-0.2, 0) is 16.6 Å². The van der Waals surface area contributed by atoms with Crippen LogP contribution >= 0.6 is 0 Å². The summed E-state index contributed by atoms with van der Waals surface area (Å²) in [6, 6.07) is 18.2. The topological polar surface area (TPSA) is 126 Å². The predicted molar refractivity (Wildman–Crippen MR) is 148 cm³/mol. The number of hydrogen-bond donors (Lipinski definition) is 2. The molecule has 10 nitrogen and oxygen atoms in total. The largest absolute Gasteiger partial charge is 0.365 e. The standard InChI is InChI=1S/C28H30N6O4S/c1-19-7-6-10-22(15-19)21-11-13-33(14-12-21)28(36)24-17-30-25-23(27(35)32-39(2,37)38)18-31-34(25)26(24)29-16-20-8-4-3-5-9-20/h3-10,15,17-18,21,29H,11-14,16H2,1-2H3,(H,32,35). The van der Waals surface area contributed by atoms with E-state index in [4.69, 9.17) is 0 Å². The smallest absolute Gasteiger partial charge is 0.270 e. The van der Waals surface area contributed by atoms with E-state index in [-0.39, 0.29) is 17.1 Å². The van der Waals surface area contributed by atoms with E-state index in [1.165, 1.54) is 28.0 Å². The van der Waals surface area contributed by atoms with E-state index in [2.05, 4.69) is 46.6 Å². The molecule has 2 aromatic heterocycles. The Bertz CT molecular complexity index is 1630. The molecule has 0 radical (unpaired) electrons. The molecule has 202 valence electrons. The Morgan fingerprint density at radius 1 is 1.00 bits per heavy atom. The van der Waals surface area contributed by atoms with E-state index in [0.717, 1.165) is 24.7 Å². The molecular formula is C28H30N6O4S. The number of amides is 2. The summed E-state index contributed by atoms with van der Waals surface area (Å²) >= 11 is 0. The van der Waals surface area contributed by atoms with Gasteiger partial charge in [0.15, 0.2) is 5.65 Å². The summed E-state index contributed by atoms with van der Waals surface area (Å²) in [4.78, 5) is 32.5. The van der Waals surface area contributed by atoms with E-state index in [1.54, 1.807) is 0 Å². The summed E-state index contributed by atoms with van der Waals surface area (Å²) in [5, 5.41) is 7.59. The second-order valence-electron chi connectivity index (χ2n) is 9.84. The van der Waals surface area contributed by atoms with Gasteiger partial charge in [0, 0.05) is 25.8 Å². The third kappa shape index (κ3) is 5.93. The fraction of sp³-hybridized carbons (Fsp3) is 0.286. The molecule has 0 atom stereocenters. The van der Waals surface area contributed by atoms with Crippen LogP contribution in [0.25, 0.3) is 5.65 Å². The lowest BCUT2D eigenvalue weighted by Crippen LogP contribution is -2.38. The lowest BCUT2D eigenvalue weighted by atomic mass is 9.88. The van der Waals surface area contributed by atoms with Crippen molar-refractivity contribution in [3.63, 3.8) is 0 Å². The normalized spacial score (nSPS) is 14.4. The molecule has 11 heteroatoms. The third-order valence-electron chi connectivity index (χ3n) is 6.88. The van der Waals surface area contributed by atoms with E-state index in [9.17, 15) is 18.0 Å². The Kier molecular flexibility index (Phi) is 7.34. The quantitative estimate of drug-likeness (QED) is 0.364. The molecule has 1 fully saturated rings. The lowest BCUT2D eigenvalue weighted by Gasteiger charge is -2.32. The van der Waals surface area contributed by atoms with Crippen molar-refractivity contribution in [2.24, 2.45) is 0 Å². The maximum Gasteiger partial charge on any atom is 0.270 e. The van der Waals surface area contributed by atoms with Gasteiger partial charge in [0.25, 0.3) is 11.8 Å². The Hall–Kier alpha value is -4.25. The van der Waals surface area contributed by atoms with Gasteiger partial charge >= 0.3 is 0 Å². The highest BCUT2D eigenvalue weighted by molar-refractivity contribution is 7.89. The van der Waals surface area contributed by atoms with Crippen LogP contribution in [0.15, 0.2) is 67.0 Å². The summed E-state index contributed by atoms with van der Waals surface area (Å²) in [5.41, 5.74) is 3.96. The minimum Gasteiger partial charge on any atom is -0.365 e. The molecule has 2 aromatic carbocycles. The summed E-state index contributed by atoms with van der Waals surface area (Å²) in [6.45, 7) is 3.70. The first-order valence-corrected chi connectivity index (χ1v) is 14.6. The molecule has 0 aliphatic carbocycles. The van der Waals surface area contributed by atoms with Crippen LogP contribution in [0.2, 0.25) is 0 Å². The number of fused-ring (bicyclic) bond motifs is 1. The van der Waals surface area contributed by atoms with Crippen molar-refractivity contribution in [1.82, 2.24) is 24.2 Å². The highest BCUT2D eigenvalue weighted by Crippen LogP contribution is 2.30. The first-order chi connectivity index (χ1) is 18.7. The number of carbonyl (C=O) groups is 2. The fourth-order valence-corrected chi connectivity index (χ4v) is 5.38. The molecule has 2 amide bonds. The molecule has 1 aliphatic rings. The van der Waals surface area contributed by atoms with Crippen molar-refractivity contribution >= 4 is 33.3 Å². The number of nitrogens with one attached hydrogen (secondary N) is 2. The zero-order valence-electron chi connectivity index (χ0n) is 21.8. The Balaban J connectivity index is 1.44. The van der Waals surface area contributed by atoms with Gasteiger partial charge in [0.1, 0.15) is 16.9 Å². The van der Waals surface area contributed by atoms with Gasteiger partial charge in [-0.2, -0.15) is 9.61 Å². The molecule has 1 saturated heterocycles. The first-order valence-electron chi connectivity index (χ1n) is 12.7. The van der Waals surface area contributed by atoms with Crippen molar-refractivity contribution in [2.45, 2.75) is 32.2 Å². The second-order valence-corrected chi connectivity index (χ2v) is 11.6. The van der Waals surface area contributed by atoms with Crippen molar-refractivity contribution in [2.75, 3.05) is 24.7 Å². The number of piperidine rings is 1. The Morgan fingerprint density at radius 3 is 2.44 bits per heavy atom. The van der Waals surface area contributed by atoms with E-state index >= 15 is 0 Å². The second kappa shape index (κ2) is 10.9. The zero-order valence-corrected chi connectivity index (χ0v) is 22.6. The average molecular weight is 547 g/mol. The molecule has 3 heterocycles. The molecule has 5 rings (SSSR count). The molecule has 4 aromatic rings. The van der Waals surface area contributed by atoms with Crippen LogP contribution in [-0.4, -0.2) is 59.1 Å². The van der Waals surface area contributed by atoms with Gasteiger partial charge in [-0.25, -0.2) is 18.1 Å². The van der Waals surface area contributed by atoms with Crippen molar-refractivity contribution in [3.8, 4) is 0 Å². The average Bonchev–Trinajstić information content (AvgIpc) is 3.36. The summed E-state index contributed by atoms with van der Waals surface area (Å²) in [6.07, 6.45) is 5.29. The minimum absolute atomic E-state index is 0.0128. The highest BCUT2D eigenvalue weighted by atomic mass is 32.2. The van der Waals surface area contributed by atoms with E-state index < -0.39 is 15.9 Å². The number of hydrogen-bond acceptors (Lipinski definition) is 7. The van der Waals surface area contributed by atoms with Crippen molar-refractivity contribution in [1.29, 1.82) is 0 Å². The highest BCUT2D eigenvalue weighted by Gasteiger charge is 2.28. The van der Waals surface area contributed by atoms with Gasteiger partial charge in [-0.3, -0.25) is 9.59 Å². The van der Waals surface area contributed by atoms with Crippen LogP contribution in [0.3, 0.4) is 0 Å². The number of sulfonamides is 1. The van der Waals surface area contributed by atoms with Crippen LogP contribution in [0.5, 0.6) is 0 Å². The molecule has 39 heavy (non-hydrogen) atoms. The molecule has 0 saturated carbocycles. The van der Waals surface area contributed by atoms with Gasteiger partial charge in [-0.15, -0.1) is 0 Å². The maximum atomic E-state index is 13.7. The SMILES string of the molecule is Cc1cccc(C2CCN(C(=O)c3cnc4c(C(=O)NS(C)(=O)=O)cnn4c3NCc3ccccc3)CC2)c1. The Labute approximate surface area is 227 Å². The minimum atomic E-state index is -3.78.